The highest BCUT2D eigenvalue weighted by atomic mass is 32.3. The van der Waals surface area contributed by atoms with Gasteiger partial charge in [0, 0.05) is 0 Å². The van der Waals surface area contributed by atoms with E-state index in [4.69, 9.17) is 12.5 Å². The van der Waals surface area contributed by atoms with Gasteiger partial charge in [-0.15, -0.1) is 0 Å². The molecule has 260 valence electrons. The van der Waals surface area contributed by atoms with Gasteiger partial charge < -0.3 is 0 Å². The van der Waals surface area contributed by atoms with Crippen molar-refractivity contribution in [1.29, 1.82) is 0 Å². The van der Waals surface area contributed by atoms with E-state index in [0.29, 0.717) is 11.8 Å². The lowest BCUT2D eigenvalue weighted by Gasteiger charge is -2.63. The number of hydrogen-bond acceptors (Lipinski definition) is 9. The van der Waals surface area contributed by atoms with Gasteiger partial charge in [-0.25, -0.2) is 12.5 Å². The van der Waals surface area contributed by atoms with Crippen LogP contribution >= 0.6 is 0 Å². The fourth-order valence-corrected chi connectivity index (χ4v) is 11.9. The molecule has 3 N–H and O–H groups in total. The summed E-state index contributed by atoms with van der Waals surface area (Å²) in [4.78, 5) is 0. The summed E-state index contributed by atoms with van der Waals surface area (Å²) in [7, 11) is -15.0. The Bertz CT molecular complexity index is 1470. The maximum absolute atomic E-state index is 12.1. The van der Waals surface area contributed by atoms with Crippen LogP contribution in [-0.4, -0.2) is 57.2 Å². The van der Waals surface area contributed by atoms with Gasteiger partial charge in [0.15, 0.2) is 0 Å². The second kappa shape index (κ2) is 12.8. The zero-order valence-electron chi connectivity index (χ0n) is 26.9. The highest BCUT2D eigenvalue weighted by molar-refractivity contribution is 7.81. The number of hydrogen-bond donors (Lipinski definition) is 3. The average molecular weight is 699 g/mol. The standard InChI is InChI=1S/C30H50O12S3/c1-17(2)20(18(3)4)9-8-19(5)22-10-11-23-21-14-26(40-43(31,32)33)25-15-27(41-44(34,35)36)28(42-45(37,38)39)16-30(25,7)24(21)12-13-29(22,23)6/h8-9,18-28H,1,10-16H2,2-7H3,(H,31,32,33)(H,34,35,36)(H,37,38,39)/b9-8-/t19-,20?,21+,22-,23+,24+,25-,26+,27+,28+,29-,30-/m1/s1. The van der Waals surface area contributed by atoms with E-state index in [0.717, 1.165) is 31.3 Å². The van der Waals surface area contributed by atoms with Crippen LogP contribution < -0.4 is 0 Å². The molecule has 4 rings (SSSR count). The second-order valence-electron chi connectivity index (χ2n) is 14.9. The van der Waals surface area contributed by atoms with Crippen LogP contribution in [0, 0.1) is 58.2 Å². The van der Waals surface area contributed by atoms with Crippen molar-refractivity contribution in [3.05, 3.63) is 24.3 Å². The minimum Gasteiger partial charge on any atom is -0.264 e. The van der Waals surface area contributed by atoms with Gasteiger partial charge in [0.1, 0.15) is 12.2 Å². The smallest absolute Gasteiger partial charge is 0.264 e. The van der Waals surface area contributed by atoms with Crippen molar-refractivity contribution in [2.24, 2.45) is 58.2 Å². The molecule has 4 aliphatic carbocycles. The van der Waals surface area contributed by atoms with Crippen molar-refractivity contribution < 1.29 is 51.5 Å². The number of rotatable bonds is 11. The topological polar surface area (TPSA) is 191 Å². The molecular formula is C30H50O12S3. The zero-order valence-corrected chi connectivity index (χ0v) is 29.4. The van der Waals surface area contributed by atoms with E-state index in [1.54, 1.807) is 0 Å². The zero-order chi connectivity index (χ0) is 33.9. The van der Waals surface area contributed by atoms with Crippen LogP contribution in [0.25, 0.3) is 0 Å². The Hall–Kier alpha value is -0.910. The van der Waals surface area contributed by atoms with Gasteiger partial charge in [-0.1, -0.05) is 58.9 Å². The van der Waals surface area contributed by atoms with Crippen LogP contribution in [0.2, 0.25) is 0 Å². The first-order chi connectivity index (χ1) is 20.4. The van der Waals surface area contributed by atoms with Crippen molar-refractivity contribution in [2.75, 3.05) is 0 Å². The third kappa shape index (κ3) is 8.05. The molecule has 0 aromatic carbocycles. The van der Waals surface area contributed by atoms with Gasteiger partial charge in [0.05, 0.1) is 6.10 Å². The quantitative estimate of drug-likeness (QED) is 0.182. The van der Waals surface area contributed by atoms with Crippen LogP contribution in [-0.2, 0) is 43.7 Å². The molecular weight excluding hydrogens is 649 g/mol. The molecule has 0 aromatic heterocycles. The Morgan fingerprint density at radius 2 is 1.29 bits per heavy atom. The molecule has 0 spiro atoms. The average Bonchev–Trinajstić information content (AvgIpc) is 3.19. The van der Waals surface area contributed by atoms with Gasteiger partial charge in [-0.2, -0.15) is 25.3 Å². The third-order valence-electron chi connectivity index (χ3n) is 12.0. The van der Waals surface area contributed by atoms with Gasteiger partial charge >= 0.3 is 31.2 Å². The van der Waals surface area contributed by atoms with E-state index in [1.165, 1.54) is 0 Å². The summed E-state index contributed by atoms with van der Waals surface area (Å²) in [5.74, 6) is 0.772. The van der Waals surface area contributed by atoms with Gasteiger partial charge in [-0.3, -0.25) is 13.7 Å². The predicted molar refractivity (Wildman–Crippen MR) is 167 cm³/mol. The largest absolute Gasteiger partial charge is 0.397 e. The minimum absolute atomic E-state index is 0.0396. The fourth-order valence-electron chi connectivity index (χ4n) is 10.3. The molecule has 0 saturated heterocycles. The predicted octanol–water partition coefficient (Wildman–Crippen LogP) is 5.47. The third-order valence-corrected chi connectivity index (χ3v) is 13.5. The molecule has 15 heteroatoms. The van der Waals surface area contributed by atoms with E-state index < -0.39 is 60.8 Å². The summed E-state index contributed by atoms with van der Waals surface area (Å²) >= 11 is 0. The summed E-state index contributed by atoms with van der Waals surface area (Å²) in [6.45, 7) is 17.0. The van der Waals surface area contributed by atoms with Crippen molar-refractivity contribution in [1.82, 2.24) is 0 Å². The molecule has 0 heterocycles. The van der Waals surface area contributed by atoms with Crippen LogP contribution in [0.15, 0.2) is 24.3 Å². The molecule has 0 amide bonds. The van der Waals surface area contributed by atoms with Gasteiger partial charge in [0.2, 0.25) is 0 Å². The Kier molecular flexibility index (Phi) is 10.5. The molecule has 12 nitrogen and oxygen atoms in total. The Morgan fingerprint density at radius 3 is 1.82 bits per heavy atom. The van der Waals surface area contributed by atoms with Crippen LogP contribution in [0.5, 0.6) is 0 Å². The van der Waals surface area contributed by atoms with Gasteiger partial charge in [-0.05, 0) is 110 Å². The normalized spacial score (nSPS) is 40.5. The molecule has 4 aliphatic rings. The Balaban J connectivity index is 1.69. The highest BCUT2D eigenvalue weighted by Crippen LogP contribution is 2.69. The molecule has 4 saturated carbocycles. The van der Waals surface area contributed by atoms with Crippen molar-refractivity contribution in [2.45, 2.75) is 105 Å². The van der Waals surface area contributed by atoms with E-state index in [2.05, 4.69) is 46.4 Å². The summed E-state index contributed by atoms with van der Waals surface area (Å²) in [6, 6.07) is 0. The lowest BCUT2D eigenvalue weighted by Crippen LogP contribution is -2.62. The maximum atomic E-state index is 12.1. The van der Waals surface area contributed by atoms with Gasteiger partial charge in [0.25, 0.3) is 0 Å². The molecule has 45 heavy (non-hydrogen) atoms. The molecule has 12 atom stereocenters. The first-order valence-corrected chi connectivity index (χ1v) is 19.9. The Labute approximate surface area is 269 Å². The first-order valence-electron chi connectivity index (χ1n) is 15.8. The molecule has 1 unspecified atom stereocenters. The van der Waals surface area contributed by atoms with E-state index in [-0.39, 0.29) is 54.3 Å². The summed E-state index contributed by atoms with van der Waals surface area (Å²) in [6.07, 6.45) is 3.91. The summed E-state index contributed by atoms with van der Waals surface area (Å²) in [5, 5.41) is 0. The van der Waals surface area contributed by atoms with Crippen LogP contribution in [0.4, 0.5) is 0 Å². The first kappa shape index (κ1) is 36.9. The molecule has 0 radical (unpaired) electrons. The highest BCUT2D eigenvalue weighted by Gasteiger charge is 2.65. The SMILES string of the molecule is C=C(C)C(/C=C\[C@@H](C)[C@H]1CC[C@H]2[C@@H]3C[C@H](OS(=O)(=O)O)[C@H]4C[C@H](OS(=O)(=O)O)[C@@H](OS(=O)(=O)O)C[C@]4(C)[C@H]3CC[C@]12C)C(C)C. The fraction of sp³-hybridized carbons (Fsp3) is 0.867. The van der Waals surface area contributed by atoms with E-state index in [9.17, 15) is 38.9 Å². The monoisotopic (exact) mass is 698 g/mol. The van der Waals surface area contributed by atoms with E-state index in [1.807, 2.05) is 13.8 Å². The lowest BCUT2D eigenvalue weighted by atomic mass is 9.43. The summed E-state index contributed by atoms with van der Waals surface area (Å²) < 4.78 is 115. The Morgan fingerprint density at radius 1 is 0.756 bits per heavy atom. The molecule has 4 fully saturated rings. The van der Waals surface area contributed by atoms with Crippen molar-refractivity contribution in [3.63, 3.8) is 0 Å². The minimum atomic E-state index is -5.08. The van der Waals surface area contributed by atoms with Crippen LogP contribution in [0.1, 0.15) is 86.5 Å². The van der Waals surface area contributed by atoms with Crippen molar-refractivity contribution >= 4 is 31.2 Å². The van der Waals surface area contributed by atoms with Crippen molar-refractivity contribution in [3.8, 4) is 0 Å². The second-order valence-corrected chi connectivity index (χ2v) is 18.1. The molecule has 0 aromatic rings. The maximum Gasteiger partial charge on any atom is 0.397 e. The molecule has 0 aliphatic heterocycles. The van der Waals surface area contributed by atoms with E-state index >= 15 is 0 Å². The molecule has 0 bridgehead atoms. The number of fused-ring (bicyclic) bond motifs is 5. The van der Waals surface area contributed by atoms with Crippen LogP contribution in [0.3, 0.4) is 0 Å². The summed E-state index contributed by atoms with van der Waals surface area (Å²) in [5.41, 5.74) is 0.208. The lowest BCUT2D eigenvalue weighted by molar-refractivity contribution is -0.183. The number of allylic oxidation sites excluding steroid dienone is 3.